The molecule has 0 saturated carbocycles. The van der Waals surface area contributed by atoms with Crippen LogP contribution in [0.4, 0.5) is 17.1 Å². The van der Waals surface area contributed by atoms with Gasteiger partial charge in [-0.25, -0.2) is 8.42 Å². The summed E-state index contributed by atoms with van der Waals surface area (Å²) in [5.74, 6) is 0. The van der Waals surface area contributed by atoms with Crippen molar-refractivity contribution < 1.29 is 13.3 Å². The molecule has 0 unspecified atom stereocenters. The Morgan fingerprint density at radius 2 is 1.88 bits per heavy atom. The van der Waals surface area contributed by atoms with E-state index in [-0.39, 0.29) is 16.3 Å². The minimum Gasteiger partial charge on any atom is -0.350 e. The molecule has 1 N–H and O–H groups in total. The largest absolute Gasteiger partial charge is 0.350 e. The zero-order chi connectivity index (χ0) is 18.7. The molecule has 0 aromatic heterocycles. The number of nitrogens with one attached hydrogen (secondary N) is 1. The number of anilines is 2. The number of hydrogen-bond acceptors (Lipinski definition) is 6. The Balaban J connectivity index is 1.97. The second kappa shape index (κ2) is 7.11. The Kier molecular flexibility index (Phi) is 4.88. The van der Waals surface area contributed by atoms with Crippen LogP contribution in [0.25, 0.3) is 0 Å². The summed E-state index contributed by atoms with van der Waals surface area (Å²) in [5, 5.41) is 23.3. The molecule has 1 aliphatic heterocycles. The zero-order valence-electron chi connectivity index (χ0n) is 13.8. The van der Waals surface area contributed by atoms with E-state index in [0.29, 0.717) is 24.3 Å². The summed E-state index contributed by atoms with van der Waals surface area (Å²) in [4.78, 5) is 10.7. The molecule has 1 heterocycles. The third-order valence-electron chi connectivity index (χ3n) is 4.14. The molecule has 1 fully saturated rings. The molecule has 0 radical (unpaired) electrons. The van der Waals surface area contributed by atoms with Crippen molar-refractivity contribution in [2.45, 2.75) is 17.7 Å². The van der Waals surface area contributed by atoms with Gasteiger partial charge in [-0.2, -0.15) is 9.57 Å². The van der Waals surface area contributed by atoms with Crippen LogP contribution in [0.5, 0.6) is 0 Å². The first-order valence-corrected chi connectivity index (χ1v) is 9.41. The Morgan fingerprint density at radius 3 is 2.54 bits per heavy atom. The highest BCUT2D eigenvalue weighted by Crippen LogP contribution is 2.32. The molecule has 9 heteroatoms. The molecule has 134 valence electrons. The lowest BCUT2D eigenvalue weighted by Crippen LogP contribution is -2.27. The number of nitro groups is 1. The van der Waals surface area contributed by atoms with Gasteiger partial charge in [0.1, 0.15) is 5.69 Å². The van der Waals surface area contributed by atoms with Gasteiger partial charge in [0.2, 0.25) is 10.0 Å². The minimum absolute atomic E-state index is 0.0950. The van der Waals surface area contributed by atoms with Gasteiger partial charge in [-0.3, -0.25) is 10.1 Å². The van der Waals surface area contributed by atoms with E-state index in [0.717, 1.165) is 18.9 Å². The Bertz CT molecular complexity index is 992. The molecule has 2 aromatic rings. The fraction of sp³-hybridized carbons (Fsp3) is 0.235. The predicted molar refractivity (Wildman–Crippen MR) is 95.5 cm³/mol. The maximum absolute atomic E-state index is 12.6. The zero-order valence-corrected chi connectivity index (χ0v) is 14.6. The molecular formula is C17H16N4O4S. The van der Waals surface area contributed by atoms with E-state index < -0.39 is 14.9 Å². The summed E-state index contributed by atoms with van der Waals surface area (Å²) < 4.78 is 26.6. The van der Waals surface area contributed by atoms with Crippen LogP contribution in [0.15, 0.2) is 47.4 Å². The average Bonchev–Trinajstić information content (AvgIpc) is 3.17. The van der Waals surface area contributed by atoms with Crippen LogP contribution >= 0.6 is 0 Å². The molecule has 26 heavy (non-hydrogen) atoms. The highest BCUT2D eigenvalue weighted by atomic mass is 32.2. The van der Waals surface area contributed by atoms with Gasteiger partial charge >= 0.3 is 0 Å². The van der Waals surface area contributed by atoms with Gasteiger partial charge in [-0.15, -0.1) is 0 Å². The van der Waals surface area contributed by atoms with Crippen LogP contribution in [-0.4, -0.2) is 30.7 Å². The van der Waals surface area contributed by atoms with Gasteiger partial charge < -0.3 is 5.32 Å². The molecule has 8 nitrogen and oxygen atoms in total. The number of sulfonamides is 1. The third kappa shape index (κ3) is 3.51. The standard InChI is InChI=1S/C17H16N4O4S/c18-12-13-4-3-5-14(10-13)19-16-7-6-15(11-17(16)21(22)23)26(24,25)20-8-1-2-9-20/h3-7,10-11,19H,1-2,8-9H2. The first-order valence-electron chi connectivity index (χ1n) is 7.97. The van der Waals surface area contributed by atoms with Crippen molar-refractivity contribution in [1.29, 1.82) is 5.26 Å². The maximum Gasteiger partial charge on any atom is 0.294 e. The maximum atomic E-state index is 12.6. The van der Waals surface area contributed by atoms with Crippen molar-refractivity contribution >= 4 is 27.1 Å². The van der Waals surface area contributed by atoms with Gasteiger partial charge in [-0.05, 0) is 43.2 Å². The van der Waals surface area contributed by atoms with Gasteiger partial charge in [-0.1, -0.05) is 6.07 Å². The number of benzene rings is 2. The first-order chi connectivity index (χ1) is 12.4. The van der Waals surface area contributed by atoms with Crippen LogP contribution in [0.2, 0.25) is 0 Å². The molecule has 0 atom stereocenters. The van der Waals surface area contributed by atoms with E-state index in [1.807, 2.05) is 6.07 Å². The number of nitro benzene ring substituents is 1. The number of nitrogens with zero attached hydrogens (tertiary/aromatic N) is 3. The highest BCUT2D eigenvalue weighted by Gasteiger charge is 2.29. The van der Waals surface area contributed by atoms with Crippen LogP contribution in [-0.2, 0) is 10.0 Å². The van der Waals surface area contributed by atoms with Crippen molar-refractivity contribution in [3.63, 3.8) is 0 Å². The van der Waals surface area contributed by atoms with Gasteiger partial charge in [0.15, 0.2) is 0 Å². The molecule has 0 aliphatic carbocycles. The second-order valence-electron chi connectivity index (χ2n) is 5.86. The molecule has 3 rings (SSSR count). The lowest BCUT2D eigenvalue weighted by molar-refractivity contribution is -0.384. The van der Waals surface area contributed by atoms with Crippen molar-refractivity contribution in [2.75, 3.05) is 18.4 Å². The molecule has 0 bridgehead atoms. The minimum atomic E-state index is -3.74. The van der Waals surface area contributed by atoms with Crippen molar-refractivity contribution in [3.8, 4) is 6.07 Å². The summed E-state index contributed by atoms with van der Waals surface area (Å²) in [6, 6.07) is 12.3. The van der Waals surface area contributed by atoms with Gasteiger partial charge in [0.25, 0.3) is 5.69 Å². The summed E-state index contributed by atoms with van der Waals surface area (Å²) in [6.45, 7) is 0.855. The SMILES string of the molecule is N#Cc1cccc(Nc2ccc(S(=O)(=O)N3CCCC3)cc2[N+](=O)[O-])c1. The Labute approximate surface area is 150 Å². The third-order valence-corrected chi connectivity index (χ3v) is 6.03. The fourth-order valence-corrected chi connectivity index (χ4v) is 4.37. The fourth-order valence-electron chi connectivity index (χ4n) is 2.83. The van der Waals surface area contributed by atoms with E-state index in [9.17, 15) is 18.5 Å². The van der Waals surface area contributed by atoms with Crippen LogP contribution < -0.4 is 5.32 Å². The molecular weight excluding hydrogens is 356 g/mol. The lowest BCUT2D eigenvalue weighted by atomic mass is 10.2. The normalized spacial score (nSPS) is 14.7. The Morgan fingerprint density at radius 1 is 1.15 bits per heavy atom. The van der Waals surface area contributed by atoms with E-state index in [2.05, 4.69) is 5.32 Å². The topological polar surface area (TPSA) is 116 Å². The summed E-state index contributed by atoms with van der Waals surface area (Å²) in [5.41, 5.74) is 0.728. The number of rotatable bonds is 5. The van der Waals surface area contributed by atoms with Crippen LogP contribution in [0.1, 0.15) is 18.4 Å². The average molecular weight is 372 g/mol. The van der Waals surface area contributed by atoms with Crippen LogP contribution in [0.3, 0.4) is 0 Å². The van der Waals surface area contributed by atoms with Crippen molar-refractivity contribution in [3.05, 3.63) is 58.1 Å². The van der Waals surface area contributed by atoms with E-state index in [1.54, 1.807) is 24.3 Å². The van der Waals surface area contributed by atoms with Crippen molar-refractivity contribution in [1.82, 2.24) is 4.31 Å². The van der Waals surface area contributed by atoms with Gasteiger partial charge in [0.05, 0.1) is 21.5 Å². The molecule has 1 saturated heterocycles. The first kappa shape index (κ1) is 17.8. The highest BCUT2D eigenvalue weighted by molar-refractivity contribution is 7.89. The quantitative estimate of drug-likeness (QED) is 0.637. The molecule has 2 aromatic carbocycles. The number of hydrogen-bond donors (Lipinski definition) is 1. The lowest BCUT2D eigenvalue weighted by Gasteiger charge is -2.16. The summed E-state index contributed by atoms with van der Waals surface area (Å²) >= 11 is 0. The smallest absolute Gasteiger partial charge is 0.294 e. The molecule has 1 aliphatic rings. The summed E-state index contributed by atoms with van der Waals surface area (Å²) in [7, 11) is -3.74. The second-order valence-corrected chi connectivity index (χ2v) is 7.80. The summed E-state index contributed by atoms with van der Waals surface area (Å²) in [6.07, 6.45) is 1.58. The van der Waals surface area contributed by atoms with E-state index in [1.165, 1.54) is 16.4 Å². The van der Waals surface area contributed by atoms with Crippen molar-refractivity contribution in [2.24, 2.45) is 0 Å². The van der Waals surface area contributed by atoms with E-state index in [4.69, 9.17) is 5.26 Å². The number of nitriles is 1. The predicted octanol–water partition coefficient (Wildman–Crippen LogP) is 2.99. The monoisotopic (exact) mass is 372 g/mol. The molecule has 0 amide bonds. The van der Waals surface area contributed by atoms with Gasteiger partial charge in [0, 0.05) is 24.8 Å². The van der Waals surface area contributed by atoms with E-state index >= 15 is 0 Å². The van der Waals surface area contributed by atoms with Crippen LogP contribution in [0, 0.1) is 21.4 Å². The molecule has 0 spiro atoms. The Hall–Kier alpha value is -2.96.